The standard InChI is InChI=1S/C18H24ClFN2O5/c1-18(2,3)27-17(25)21-9-8-16(24)26-11-15(23)22(4)10-12-13(19)6-5-7-14(12)20/h5-7H,8-11H2,1-4H3,(H,21,25). The first-order valence-corrected chi connectivity index (χ1v) is 8.66. The number of amides is 2. The fraction of sp³-hybridized carbons (Fsp3) is 0.500. The maximum Gasteiger partial charge on any atom is 0.407 e. The molecular formula is C18H24ClFN2O5. The van der Waals surface area contributed by atoms with Crippen molar-refractivity contribution in [2.24, 2.45) is 0 Å². The predicted octanol–water partition coefficient (Wildman–Crippen LogP) is 2.90. The minimum Gasteiger partial charge on any atom is -0.456 e. The second-order valence-electron chi connectivity index (χ2n) is 6.79. The van der Waals surface area contributed by atoms with E-state index in [0.717, 1.165) is 0 Å². The van der Waals surface area contributed by atoms with Crippen LogP contribution in [0.3, 0.4) is 0 Å². The smallest absolute Gasteiger partial charge is 0.407 e. The van der Waals surface area contributed by atoms with Crippen molar-refractivity contribution >= 4 is 29.6 Å². The van der Waals surface area contributed by atoms with Crippen molar-refractivity contribution in [2.45, 2.75) is 39.3 Å². The number of ether oxygens (including phenoxy) is 2. The number of rotatable bonds is 7. The Morgan fingerprint density at radius 1 is 1.26 bits per heavy atom. The van der Waals surface area contributed by atoms with E-state index in [1.54, 1.807) is 20.8 Å². The van der Waals surface area contributed by atoms with Crippen molar-refractivity contribution < 1.29 is 28.2 Å². The second kappa shape index (κ2) is 10.1. The van der Waals surface area contributed by atoms with Crippen LogP contribution in [0.25, 0.3) is 0 Å². The van der Waals surface area contributed by atoms with Crippen LogP contribution in [0.1, 0.15) is 32.8 Å². The molecule has 0 fully saturated rings. The molecule has 0 saturated carbocycles. The summed E-state index contributed by atoms with van der Waals surface area (Å²) in [6, 6.07) is 4.24. The highest BCUT2D eigenvalue weighted by atomic mass is 35.5. The Morgan fingerprint density at radius 2 is 1.93 bits per heavy atom. The predicted molar refractivity (Wildman–Crippen MR) is 97.7 cm³/mol. The Balaban J connectivity index is 2.34. The van der Waals surface area contributed by atoms with Crippen molar-refractivity contribution in [1.82, 2.24) is 10.2 Å². The lowest BCUT2D eigenvalue weighted by Crippen LogP contribution is -2.34. The zero-order valence-corrected chi connectivity index (χ0v) is 16.6. The van der Waals surface area contributed by atoms with Gasteiger partial charge in [0.1, 0.15) is 11.4 Å². The lowest BCUT2D eigenvalue weighted by molar-refractivity contribution is -0.151. The maximum atomic E-state index is 13.7. The van der Waals surface area contributed by atoms with Crippen LogP contribution in [-0.4, -0.2) is 48.7 Å². The van der Waals surface area contributed by atoms with Crippen molar-refractivity contribution in [3.63, 3.8) is 0 Å². The average Bonchev–Trinajstić information content (AvgIpc) is 2.54. The van der Waals surface area contributed by atoms with Gasteiger partial charge in [0.05, 0.1) is 6.42 Å². The molecule has 1 rings (SSSR count). The minimum absolute atomic E-state index is 0.0165. The van der Waals surface area contributed by atoms with Gasteiger partial charge >= 0.3 is 12.1 Å². The SMILES string of the molecule is CN(Cc1c(F)cccc1Cl)C(=O)COC(=O)CCNC(=O)OC(C)(C)C. The monoisotopic (exact) mass is 402 g/mol. The maximum absolute atomic E-state index is 13.7. The zero-order valence-electron chi connectivity index (χ0n) is 15.8. The Bertz CT molecular complexity index is 671. The van der Waals surface area contributed by atoms with Crippen LogP contribution in [0.5, 0.6) is 0 Å². The Labute approximate surface area is 162 Å². The number of carbonyl (C=O) groups is 3. The van der Waals surface area contributed by atoms with Gasteiger partial charge in [-0.1, -0.05) is 17.7 Å². The minimum atomic E-state index is -0.656. The normalized spacial score (nSPS) is 10.9. The number of benzene rings is 1. The fourth-order valence-corrected chi connectivity index (χ4v) is 2.14. The molecule has 0 saturated heterocycles. The number of hydrogen-bond acceptors (Lipinski definition) is 5. The van der Waals surface area contributed by atoms with Crippen molar-refractivity contribution in [3.8, 4) is 0 Å². The van der Waals surface area contributed by atoms with Gasteiger partial charge in [0.15, 0.2) is 6.61 Å². The van der Waals surface area contributed by atoms with Gasteiger partial charge in [0, 0.05) is 30.7 Å². The largest absolute Gasteiger partial charge is 0.456 e. The fourth-order valence-electron chi connectivity index (χ4n) is 1.91. The third-order valence-corrected chi connectivity index (χ3v) is 3.59. The molecule has 150 valence electrons. The van der Waals surface area contributed by atoms with Crippen molar-refractivity contribution in [1.29, 1.82) is 0 Å². The molecule has 9 heteroatoms. The van der Waals surface area contributed by atoms with Gasteiger partial charge in [0.25, 0.3) is 5.91 Å². The second-order valence-corrected chi connectivity index (χ2v) is 7.20. The lowest BCUT2D eigenvalue weighted by Gasteiger charge is -2.19. The van der Waals surface area contributed by atoms with Gasteiger partial charge in [-0.25, -0.2) is 9.18 Å². The number of halogens is 2. The number of nitrogens with one attached hydrogen (secondary N) is 1. The molecule has 0 aliphatic heterocycles. The van der Waals surface area contributed by atoms with Gasteiger partial charge in [-0.15, -0.1) is 0 Å². The molecule has 1 aromatic carbocycles. The Kier molecular flexibility index (Phi) is 8.49. The molecule has 0 spiro atoms. The highest BCUT2D eigenvalue weighted by Crippen LogP contribution is 2.20. The van der Waals surface area contributed by atoms with E-state index in [0.29, 0.717) is 0 Å². The van der Waals surface area contributed by atoms with Crippen molar-refractivity contribution in [3.05, 3.63) is 34.6 Å². The molecule has 0 aromatic heterocycles. The molecule has 0 heterocycles. The molecule has 0 atom stereocenters. The van der Waals surface area contributed by atoms with Crippen LogP contribution in [0, 0.1) is 5.82 Å². The number of nitrogens with zero attached hydrogens (tertiary/aromatic N) is 1. The summed E-state index contributed by atoms with van der Waals surface area (Å²) in [5, 5.41) is 2.62. The molecule has 0 aliphatic rings. The summed E-state index contributed by atoms with van der Waals surface area (Å²) < 4.78 is 23.6. The summed E-state index contributed by atoms with van der Waals surface area (Å²) in [6.07, 6.45) is -0.761. The number of carbonyl (C=O) groups excluding carboxylic acids is 3. The molecule has 1 aromatic rings. The van der Waals surface area contributed by atoms with E-state index in [1.807, 2.05) is 0 Å². The molecule has 0 bridgehead atoms. The van der Waals surface area contributed by atoms with Crippen LogP contribution >= 0.6 is 11.6 Å². The van der Waals surface area contributed by atoms with Crippen LogP contribution in [0.15, 0.2) is 18.2 Å². The van der Waals surface area contributed by atoms with Crippen LogP contribution in [0.4, 0.5) is 9.18 Å². The quantitative estimate of drug-likeness (QED) is 0.709. The molecule has 1 N–H and O–H groups in total. The van der Waals surface area contributed by atoms with E-state index in [4.69, 9.17) is 21.1 Å². The third kappa shape index (κ3) is 8.72. The first-order valence-electron chi connectivity index (χ1n) is 8.29. The molecule has 0 aliphatic carbocycles. The van der Waals surface area contributed by atoms with Crippen LogP contribution in [-0.2, 0) is 25.6 Å². The highest BCUT2D eigenvalue weighted by Gasteiger charge is 2.18. The first kappa shape index (κ1) is 22.7. The van der Waals surface area contributed by atoms with E-state index in [1.165, 1.54) is 30.1 Å². The summed E-state index contributed by atoms with van der Waals surface area (Å²) in [5.41, 5.74) is -0.453. The molecule has 0 radical (unpaired) electrons. The topological polar surface area (TPSA) is 84.9 Å². The van der Waals surface area contributed by atoms with E-state index in [-0.39, 0.29) is 30.1 Å². The van der Waals surface area contributed by atoms with Crippen LogP contribution in [0.2, 0.25) is 5.02 Å². The van der Waals surface area contributed by atoms with Gasteiger partial charge in [-0.3, -0.25) is 9.59 Å². The average molecular weight is 403 g/mol. The molecule has 0 unspecified atom stereocenters. The Hall–Kier alpha value is -2.35. The third-order valence-electron chi connectivity index (χ3n) is 3.24. The van der Waals surface area contributed by atoms with E-state index in [9.17, 15) is 18.8 Å². The molecule has 27 heavy (non-hydrogen) atoms. The van der Waals surface area contributed by atoms with Crippen molar-refractivity contribution in [2.75, 3.05) is 20.2 Å². The summed E-state index contributed by atoms with van der Waals surface area (Å²) in [5.74, 6) is -1.69. The summed E-state index contributed by atoms with van der Waals surface area (Å²) in [6.45, 7) is 4.63. The molecular weight excluding hydrogens is 379 g/mol. The summed E-state index contributed by atoms with van der Waals surface area (Å²) in [4.78, 5) is 36.3. The van der Waals surface area contributed by atoms with Crippen LogP contribution < -0.4 is 5.32 Å². The number of hydrogen-bond donors (Lipinski definition) is 1. The number of esters is 1. The Morgan fingerprint density at radius 3 is 2.52 bits per heavy atom. The summed E-state index contributed by atoms with van der Waals surface area (Å²) >= 11 is 5.92. The summed E-state index contributed by atoms with van der Waals surface area (Å²) in [7, 11) is 1.45. The molecule has 2 amide bonds. The van der Waals surface area contributed by atoms with Gasteiger partial charge in [0.2, 0.25) is 0 Å². The zero-order chi connectivity index (χ0) is 20.6. The van der Waals surface area contributed by atoms with E-state index >= 15 is 0 Å². The highest BCUT2D eigenvalue weighted by molar-refractivity contribution is 6.31. The van der Waals surface area contributed by atoms with E-state index < -0.39 is 36.0 Å². The molecule has 7 nitrogen and oxygen atoms in total. The lowest BCUT2D eigenvalue weighted by atomic mass is 10.2. The number of likely N-dealkylation sites (N-methyl/N-ethyl adjacent to an activating group) is 1. The van der Waals surface area contributed by atoms with Gasteiger partial charge in [-0.2, -0.15) is 0 Å². The first-order chi connectivity index (χ1) is 12.5. The van der Waals surface area contributed by atoms with Gasteiger partial charge in [-0.05, 0) is 32.9 Å². The van der Waals surface area contributed by atoms with Gasteiger partial charge < -0.3 is 19.7 Å². The van der Waals surface area contributed by atoms with E-state index in [2.05, 4.69) is 5.32 Å². The number of alkyl carbamates (subject to hydrolysis) is 1.